The normalized spacial score (nSPS) is 13.0. The van der Waals surface area contributed by atoms with Crippen molar-refractivity contribution in [3.63, 3.8) is 0 Å². The van der Waals surface area contributed by atoms with Crippen molar-refractivity contribution in [1.29, 1.82) is 0 Å². The molecule has 1 aliphatic carbocycles. The molecule has 0 saturated heterocycles. The molecule has 3 aromatic heterocycles. The molecule has 5 heteroatoms. The van der Waals surface area contributed by atoms with Gasteiger partial charge in [-0.2, -0.15) is 0 Å². The topological polar surface area (TPSA) is 51.6 Å². The van der Waals surface area contributed by atoms with Gasteiger partial charge < -0.3 is 0 Å². The Kier molecular flexibility index (Phi) is 6.98. The van der Waals surface area contributed by atoms with Crippen LogP contribution in [0.2, 0.25) is 0 Å². The Morgan fingerprint density at radius 1 is 0.423 bits per heavy atom. The molecule has 246 valence electrons. The molecule has 0 aliphatic heterocycles. The Balaban J connectivity index is 1.09. The lowest BCUT2D eigenvalue weighted by molar-refractivity contribution is 0.660. The van der Waals surface area contributed by atoms with Crippen molar-refractivity contribution in [3.8, 4) is 67.7 Å². The van der Waals surface area contributed by atoms with Gasteiger partial charge in [0, 0.05) is 54.0 Å². The Morgan fingerprint density at radius 2 is 0.981 bits per heavy atom. The molecule has 0 bridgehead atoms. The van der Waals surface area contributed by atoms with Crippen molar-refractivity contribution in [2.75, 3.05) is 0 Å². The molecule has 10 rings (SSSR count). The minimum Gasteiger partial charge on any atom is -0.256 e. The Morgan fingerprint density at radius 3 is 1.67 bits per heavy atom. The Hall–Kier alpha value is -6.30. The zero-order chi connectivity index (χ0) is 34.8. The van der Waals surface area contributed by atoms with E-state index in [9.17, 15) is 0 Å². The predicted octanol–water partition coefficient (Wildman–Crippen LogP) is 12.3. The van der Waals surface area contributed by atoms with Gasteiger partial charge in [-0.3, -0.25) is 4.98 Å². The predicted molar refractivity (Wildman–Crippen MR) is 215 cm³/mol. The van der Waals surface area contributed by atoms with Gasteiger partial charge >= 0.3 is 0 Å². The number of rotatable bonds is 5. The summed E-state index contributed by atoms with van der Waals surface area (Å²) in [4.78, 5) is 19.7. The number of aromatic nitrogens is 4. The summed E-state index contributed by atoms with van der Waals surface area (Å²) in [5.74, 6) is 1.89. The second kappa shape index (κ2) is 11.9. The van der Waals surface area contributed by atoms with Gasteiger partial charge in [0.05, 0.1) is 5.69 Å². The maximum atomic E-state index is 4.98. The molecule has 0 radical (unpaired) electrons. The van der Waals surface area contributed by atoms with E-state index in [0.717, 1.165) is 27.9 Å². The van der Waals surface area contributed by atoms with Crippen molar-refractivity contribution in [3.05, 3.63) is 169 Å². The SMILES string of the molecule is CC1(C)c2ccccc2-c2ccc(-c3cccc4c3sc3c(-c5cc(-c6nc(-c7ccccc7)nc(-c7ccccc7)n6)ccn5)cccc34)cc21. The molecular weight excluding hydrogens is 653 g/mol. The zero-order valence-corrected chi connectivity index (χ0v) is 29.5. The zero-order valence-electron chi connectivity index (χ0n) is 28.7. The summed E-state index contributed by atoms with van der Waals surface area (Å²) in [6.45, 7) is 4.69. The fourth-order valence-electron chi connectivity index (χ4n) is 7.78. The third kappa shape index (κ3) is 4.89. The molecule has 9 aromatic rings. The van der Waals surface area contributed by atoms with Crippen molar-refractivity contribution in [2.45, 2.75) is 19.3 Å². The molecule has 0 spiro atoms. The van der Waals surface area contributed by atoms with E-state index in [2.05, 4.69) is 98.8 Å². The maximum Gasteiger partial charge on any atom is 0.164 e. The molecule has 6 aromatic carbocycles. The highest BCUT2D eigenvalue weighted by Gasteiger charge is 2.35. The van der Waals surface area contributed by atoms with E-state index in [-0.39, 0.29) is 5.41 Å². The van der Waals surface area contributed by atoms with Crippen LogP contribution in [0.25, 0.3) is 87.8 Å². The molecule has 3 heterocycles. The van der Waals surface area contributed by atoms with E-state index in [1.165, 1.54) is 53.6 Å². The monoisotopic (exact) mass is 684 g/mol. The summed E-state index contributed by atoms with van der Waals surface area (Å²) in [6, 6.07) is 53.4. The fourth-order valence-corrected chi connectivity index (χ4v) is 9.13. The van der Waals surface area contributed by atoms with E-state index in [1.54, 1.807) is 0 Å². The van der Waals surface area contributed by atoms with Crippen molar-refractivity contribution < 1.29 is 0 Å². The van der Waals surface area contributed by atoms with Crippen molar-refractivity contribution in [1.82, 2.24) is 19.9 Å². The highest BCUT2D eigenvalue weighted by molar-refractivity contribution is 7.26. The van der Waals surface area contributed by atoms with Crippen LogP contribution in [0.4, 0.5) is 0 Å². The van der Waals surface area contributed by atoms with Gasteiger partial charge in [0.1, 0.15) is 0 Å². The number of pyridine rings is 1. The summed E-state index contributed by atoms with van der Waals surface area (Å²) in [7, 11) is 0. The number of benzene rings is 6. The second-order valence-electron chi connectivity index (χ2n) is 13.9. The number of thiophene rings is 1. The van der Waals surface area contributed by atoms with Gasteiger partial charge in [-0.15, -0.1) is 11.3 Å². The van der Waals surface area contributed by atoms with E-state index < -0.39 is 0 Å². The maximum absolute atomic E-state index is 4.98. The first-order valence-corrected chi connectivity index (χ1v) is 18.4. The molecule has 52 heavy (non-hydrogen) atoms. The molecule has 0 N–H and O–H groups in total. The molecular formula is C47H32N4S. The van der Waals surface area contributed by atoms with Crippen LogP contribution in [0.5, 0.6) is 0 Å². The molecule has 4 nitrogen and oxygen atoms in total. The first-order chi connectivity index (χ1) is 25.5. The molecule has 0 atom stereocenters. The first-order valence-electron chi connectivity index (χ1n) is 17.6. The Labute approximate surface area is 306 Å². The average Bonchev–Trinajstić information content (AvgIpc) is 3.70. The number of hydrogen-bond acceptors (Lipinski definition) is 5. The van der Waals surface area contributed by atoms with Crippen LogP contribution in [-0.2, 0) is 5.41 Å². The van der Waals surface area contributed by atoms with E-state index >= 15 is 0 Å². The fraction of sp³-hybridized carbons (Fsp3) is 0.0638. The van der Waals surface area contributed by atoms with Gasteiger partial charge in [0.2, 0.25) is 0 Å². The summed E-state index contributed by atoms with van der Waals surface area (Å²) < 4.78 is 2.50. The van der Waals surface area contributed by atoms with Crippen molar-refractivity contribution >= 4 is 31.5 Å². The lowest BCUT2D eigenvalue weighted by Gasteiger charge is -2.22. The van der Waals surface area contributed by atoms with Crippen LogP contribution in [-0.4, -0.2) is 19.9 Å². The van der Waals surface area contributed by atoms with Gasteiger partial charge in [0.25, 0.3) is 0 Å². The molecule has 0 fully saturated rings. The minimum absolute atomic E-state index is 0.0535. The summed E-state index contributed by atoms with van der Waals surface area (Å²) in [6.07, 6.45) is 1.86. The minimum atomic E-state index is -0.0535. The van der Waals surface area contributed by atoms with Crippen LogP contribution in [0.3, 0.4) is 0 Å². The van der Waals surface area contributed by atoms with Gasteiger partial charge in [-0.25, -0.2) is 15.0 Å². The second-order valence-corrected chi connectivity index (χ2v) is 14.9. The van der Waals surface area contributed by atoms with E-state index in [0.29, 0.717) is 17.5 Å². The quantitative estimate of drug-likeness (QED) is 0.181. The van der Waals surface area contributed by atoms with Crippen LogP contribution >= 0.6 is 11.3 Å². The standard InChI is InChI=1S/C47H32N4S/c1-47(2)39-22-10-9-17-34(39)35-24-23-31(27-40(35)47)33-18-11-19-36-37-20-12-21-38(43(37)52-42(33)36)41-28-32(25-26-48-41)46-50-44(29-13-5-3-6-14-29)49-45(51-46)30-15-7-4-8-16-30/h3-28H,1-2H3. The van der Waals surface area contributed by atoms with Crippen LogP contribution in [0, 0.1) is 0 Å². The molecule has 0 saturated carbocycles. The van der Waals surface area contributed by atoms with Gasteiger partial charge in [0.15, 0.2) is 17.5 Å². The highest BCUT2D eigenvalue weighted by Crippen LogP contribution is 2.50. The third-order valence-electron chi connectivity index (χ3n) is 10.4. The summed E-state index contributed by atoms with van der Waals surface area (Å²) in [5.41, 5.74) is 12.7. The molecule has 0 unspecified atom stereocenters. The van der Waals surface area contributed by atoms with E-state index in [1.807, 2.05) is 84.3 Å². The number of fused-ring (bicyclic) bond motifs is 6. The van der Waals surface area contributed by atoms with E-state index in [4.69, 9.17) is 19.9 Å². The lowest BCUT2D eigenvalue weighted by atomic mass is 9.81. The number of nitrogens with zero attached hydrogens (tertiary/aromatic N) is 4. The van der Waals surface area contributed by atoms with Crippen LogP contribution in [0.1, 0.15) is 25.0 Å². The Bertz CT molecular complexity index is 2760. The summed E-state index contributed by atoms with van der Waals surface area (Å²) in [5, 5.41) is 2.49. The van der Waals surface area contributed by atoms with Crippen molar-refractivity contribution in [2.24, 2.45) is 0 Å². The van der Waals surface area contributed by atoms with Gasteiger partial charge in [-0.05, 0) is 51.6 Å². The smallest absolute Gasteiger partial charge is 0.164 e. The summed E-state index contributed by atoms with van der Waals surface area (Å²) >= 11 is 1.84. The molecule has 0 amide bonds. The third-order valence-corrected chi connectivity index (χ3v) is 11.7. The number of hydrogen-bond donors (Lipinski definition) is 0. The first kappa shape index (κ1) is 30.5. The average molecular weight is 685 g/mol. The highest BCUT2D eigenvalue weighted by atomic mass is 32.1. The lowest BCUT2D eigenvalue weighted by Crippen LogP contribution is -2.14. The van der Waals surface area contributed by atoms with Crippen LogP contribution in [0.15, 0.2) is 158 Å². The van der Waals surface area contributed by atoms with Crippen LogP contribution < -0.4 is 0 Å². The van der Waals surface area contributed by atoms with Gasteiger partial charge in [-0.1, -0.05) is 147 Å². The largest absolute Gasteiger partial charge is 0.256 e. The molecule has 1 aliphatic rings.